The van der Waals surface area contributed by atoms with Crippen LogP contribution in [0.4, 0.5) is 0 Å². The van der Waals surface area contributed by atoms with Gasteiger partial charge in [0.2, 0.25) is 5.91 Å². The van der Waals surface area contributed by atoms with E-state index in [1.54, 1.807) is 4.52 Å². The first-order valence-corrected chi connectivity index (χ1v) is 11.0. The van der Waals surface area contributed by atoms with Crippen LogP contribution in [0.5, 0.6) is 0 Å². The van der Waals surface area contributed by atoms with Gasteiger partial charge in [-0.15, -0.1) is 10.2 Å². The van der Waals surface area contributed by atoms with E-state index in [9.17, 15) is 4.79 Å². The molecule has 0 atom stereocenters. The Morgan fingerprint density at radius 3 is 2.71 bits per heavy atom. The smallest absolute Gasteiger partial charge is 0.220 e. The highest BCUT2D eigenvalue weighted by molar-refractivity contribution is 6.30. The summed E-state index contributed by atoms with van der Waals surface area (Å²) in [5.41, 5.74) is 3.41. The topological polar surface area (TPSA) is 79.8 Å². The molecule has 4 heterocycles. The molecule has 0 saturated carbocycles. The number of carbonyl (C=O) groups is 1. The third kappa shape index (κ3) is 4.26. The van der Waals surface area contributed by atoms with Gasteiger partial charge in [0.15, 0.2) is 5.65 Å². The predicted octanol–water partition coefficient (Wildman–Crippen LogP) is 2.84. The first kappa shape index (κ1) is 20.0. The van der Waals surface area contributed by atoms with Crippen molar-refractivity contribution in [2.75, 3.05) is 26.2 Å². The Kier molecular flexibility index (Phi) is 5.57. The molecule has 31 heavy (non-hydrogen) atoms. The molecule has 1 fully saturated rings. The Bertz CT molecular complexity index is 1210. The van der Waals surface area contributed by atoms with E-state index in [-0.39, 0.29) is 5.91 Å². The van der Waals surface area contributed by atoms with Crippen LogP contribution in [0, 0.1) is 0 Å². The Balaban J connectivity index is 1.27. The van der Waals surface area contributed by atoms with Crippen LogP contribution >= 0.6 is 11.6 Å². The Labute approximate surface area is 184 Å². The van der Waals surface area contributed by atoms with E-state index in [2.05, 4.69) is 25.5 Å². The third-order valence-electron chi connectivity index (χ3n) is 5.75. The van der Waals surface area contributed by atoms with Gasteiger partial charge in [0, 0.05) is 48.9 Å². The van der Waals surface area contributed by atoms with Crippen molar-refractivity contribution < 1.29 is 4.79 Å². The average molecular weight is 438 g/mol. The molecule has 3 aromatic heterocycles. The summed E-state index contributed by atoms with van der Waals surface area (Å²) in [6, 6.07) is 9.57. The molecular formula is C22H24ClN7O. The number of aryl methyl sites for hydroxylation is 1. The van der Waals surface area contributed by atoms with Gasteiger partial charge in [0.25, 0.3) is 0 Å². The van der Waals surface area contributed by atoms with Crippen LogP contribution in [0.3, 0.4) is 0 Å². The summed E-state index contributed by atoms with van der Waals surface area (Å²) in [4.78, 5) is 14.6. The lowest BCUT2D eigenvalue weighted by Gasteiger charge is -2.14. The van der Waals surface area contributed by atoms with Crippen molar-refractivity contribution in [2.24, 2.45) is 0 Å². The minimum atomic E-state index is 0.0476. The molecule has 160 valence electrons. The number of aromatic nitrogens is 5. The molecule has 8 nitrogen and oxygen atoms in total. The van der Waals surface area contributed by atoms with Gasteiger partial charge in [-0.2, -0.15) is 5.10 Å². The number of fused-ring (bicyclic) bond motifs is 3. The van der Waals surface area contributed by atoms with Crippen molar-refractivity contribution in [3.8, 4) is 11.3 Å². The summed E-state index contributed by atoms with van der Waals surface area (Å²) >= 11 is 5.99. The maximum Gasteiger partial charge on any atom is 0.220 e. The van der Waals surface area contributed by atoms with E-state index in [4.69, 9.17) is 11.6 Å². The standard InChI is InChI=1S/C22H24ClN7O/c23-17-5-3-16(4-6-17)18-15-19-22-26-25-20(29(22)13-14-30(19)27-18)7-8-21(31)24-9-12-28-10-1-2-11-28/h3-6,13-15H,1-2,7-12H2,(H,24,31). The fourth-order valence-electron chi connectivity index (χ4n) is 4.07. The molecule has 1 aliphatic rings. The van der Waals surface area contributed by atoms with Crippen LogP contribution in [0.25, 0.3) is 22.4 Å². The third-order valence-corrected chi connectivity index (χ3v) is 6.00. The summed E-state index contributed by atoms with van der Waals surface area (Å²) in [6.45, 7) is 3.91. The molecular weight excluding hydrogens is 414 g/mol. The van der Waals surface area contributed by atoms with Crippen molar-refractivity contribution in [1.82, 2.24) is 34.4 Å². The second-order valence-corrected chi connectivity index (χ2v) is 8.31. The number of nitrogens with one attached hydrogen (secondary N) is 1. The van der Waals surface area contributed by atoms with Crippen LogP contribution in [-0.4, -0.2) is 61.2 Å². The molecule has 4 aromatic rings. The summed E-state index contributed by atoms with van der Waals surface area (Å²) in [7, 11) is 0. The second kappa shape index (κ2) is 8.64. The number of rotatable bonds is 7. The summed E-state index contributed by atoms with van der Waals surface area (Å²) in [5.74, 6) is 0.813. The van der Waals surface area contributed by atoms with Gasteiger partial charge < -0.3 is 10.2 Å². The van der Waals surface area contributed by atoms with E-state index in [1.807, 2.05) is 47.1 Å². The summed E-state index contributed by atoms with van der Waals surface area (Å²) in [6.07, 6.45) is 7.22. The molecule has 1 aromatic carbocycles. The van der Waals surface area contributed by atoms with Crippen LogP contribution in [0.2, 0.25) is 5.02 Å². The van der Waals surface area contributed by atoms with Crippen LogP contribution in [-0.2, 0) is 11.2 Å². The number of halogens is 1. The normalized spacial score (nSPS) is 14.6. The lowest BCUT2D eigenvalue weighted by atomic mass is 10.1. The van der Waals surface area contributed by atoms with Crippen molar-refractivity contribution in [1.29, 1.82) is 0 Å². The van der Waals surface area contributed by atoms with E-state index in [1.165, 1.54) is 12.8 Å². The zero-order valence-electron chi connectivity index (χ0n) is 17.2. The Hall–Kier alpha value is -2.97. The van der Waals surface area contributed by atoms with E-state index >= 15 is 0 Å². The molecule has 9 heteroatoms. The van der Waals surface area contributed by atoms with Gasteiger partial charge in [-0.25, -0.2) is 4.52 Å². The lowest BCUT2D eigenvalue weighted by Crippen LogP contribution is -2.33. The molecule has 0 spiro atoms. The first-order chi connectivity index (χ1) is 15.2. The maximum atomic E-state index is 12.2. The fraction of sp³-hybridized carbons (Fsp3) is 0.364. The first-order valence-electron chi connectivity index (χ1n) is 10.6. The molecule has 5 rings (SSSR count). The van der Waals surface area contributed by atoms with E-state index in [0.29, 0.717) is 24.4 Å². The second-order valence-electron chi connectivity index (χ2n) is 7.87. The highest BCUT2D eigenvalue weighted by Crippen LogP contribution is 2.23. The van der Waals surface area contributed by atoms with Gasteiger partial charge in [-0.1, -0.05) is 23.7 Å². The fourth-order valence-corrected chi connectivity index (χ4v) is 4.19. The number of benzene rings is 1. The average Bonchev–Trinajstić information content (AvgIpc) is 3.51. The molecule has 1 aliphatic heterocycles. The highest BCUT2D eigenvalue weighted by atomic mass is 35.5. The molecule has 1 N–H and O–H groups in total. The maximum absolute atomic E-state index is 12.2. The molecule has 0 unspecified atom stereocenters. The van der Waals surface area contributed by atoms with E-state index in [0.717, 1.165) is 47.9 Å². The van der Waals surface area contributed by atoms with Gasteiger partial charge >= 0.3 is 0 Å². The summed E-state index contributed by atoms with van der Waals surface area (Å²) < 4.78 is 3.73. The van der Waals surface area contributed by atoms with Crippen molar-refractivity contribution >= 4 is 28.7 Å². The molecule has 0 radical (unpaired) electrons. The summed E-state index contributed by atoms with van der Waals surface area (Å²) in [5, 5.41) is 17.0. The van der Waals surface area contributed by atoms with Crippen LogP contribution in [0.15, 0.2) is 42.7 Å². The molecule has 0 bridgehead atoms. The monoisotopic (exact) mass is 437 g/mol. The quantitative estimate of drug-likeness (QED) is 0.481. The predicted molar refractivity (Wildman–Crippen MR) is 119 cm³/mol. The Morgan fingerprint density at radius 1 is 1.10 bits per heavy atom. The molecule has 1 saturated heterocycles. The SMILES string of the molecule is O=C(CCc1nnc2c3cc(-c4ccc(Cl)cc4)nn3ccn12)NCCN1CCCC1. The van der Waals surface area contributed by atoms with E-state index < -0.39 is 0 Å². The zero-order valence-corrected chi connectivity index (χ0v) is 17.9. The molecule has 1 amide bonds. The van der Waals surface area contributed by atoms with Crippen molar-refractivity contribution in [3.63, 3.8) is 0 Å². The largest absolute Gasteiger partial charge is 0.355 e. The van der Waals surface area contributed by atoms with Crippen molar-refractivity contribution in [3.05, 3.63) is 53.6 Å². The van der Waals surface area contributed by atoms with Gasteiger partial charge in [-0.05, 0) is 44.1 Å². The van der Waals surface area contributed by atoms with Gasteiger partial charge in [0.1, 0.15) is 11.3 Å². The van der Waals surface area contributed by atoms with Crippen molar-refractivity contribution in [2.45, 2.75) is 25.7 Å². The number of likely N-dealkylation sites (tertiary alicyclic amines) is 1. The Morgan fingerprint density at radius 2 is 1.90 bits per heavy atom. The number of nitrogens with zero attached hydrogens (tertiary/aromatic N) is 6. The number of hydrogen-bond donors (Lipinski definition) is 1. The number of carbonyl (C=O) groups excluding carboxylic acids is 1. The minimum absolute atomic E-state index is 0.0476. The minimum Gasteiger partial charge on any atom is -0.355 e. The zero-order chi connectivity index (χ0) is 21.2. The van der Waals surface area contributed by atoms with Crippen LogP contribution < -0.4 is 5.32 Å². The lowest BCUT2D eigenvalue weighted by molar-refractivity contribution is -0.121. The number of amides is 1. The highest BCUT2D eigenvalue weighted by Gasteiger charge is 2.14. The molecule has 0 aliphatic carbocycles. The number of hydrogen-bond acceptors (Lipinski definition) is 5. The van der Waals surface area contributed by atoms with Gasteiger partial charge in [-0.3, -0.25) is 9.20 Å². The van der Waals surface area contributed by atoms with Crippen LogP contribution in [0.1, 0.15) is 25.1 Å². The van der Waals surface area contributed by atoms with Gasteiger partial charge in [0.05, 0.1) is 5.69 Å².